The topological polar surface area (TPSA) is 29.3 Å². The van der Waals surface area contributed by atoms with Crippen molar-refractivity contribution >= 4 is 11.4 Å². The average molecular weight is 272 g/mol. The van der Waals surface area contributed by atoms with Crippen molar-refractivity contribution in [3.05, 3.63) is 59.4 Å². The summed E-state index contributed by atoms with van der Waals surface area (Å²) in [5, 5.41) is 0. The number of benzene rings is 2. The van der Waals surface area contributed by atoms with Gasteiger partial charge in [-0.3, -0.25) is 0 Å². The molecule has 20 heavy (non-hydrogen) atoms. The van der Waals surface area contributed by atoms with Gasteiger partial charge in [0, 0.05) is 18.8 Å². The van der Waals surface area contributed by atoms with Crippen LogP contribution in [-0.4, -0.2) is 13.1 Å². The van der Waals surface area contributed by atoms with Crippen molar-refractivity contribution in [1.29, 1.82) is 0 Å². The molecule has 1 atom stereocenters. The monoisotopic (exact) mass is 272 g/mol. The second-order valence-corrected chi connectivity index (χ2v) is 5.30. The van der Waals surface area contributed by atoms with Crippen LogP contribution in [0, 0.1) is 12.7 Å². The molecule has 0 saturated carbocycles. The third-order valence-corrected chi connectivity index (χ3v) is 3.47. The van der Waals surface area contributed by atoms with E-state index < -0.39 is 0 Å². The second kappa shape index (κ2) is 6.06. The number of hydrogen-bond donors (Lipinski definition) is 1. The van der Waals surface area contributed by atoms with E-state index in [4.69, 9.17) is 5.73 Å². The van der Waals surface area contributed by atoms with E-state index in [0.717, 1.165) is 12.1 Å². The summed E-state index contributed by atoms with van der Waals surface area (Å²) >= 11 is 0. The molecule has 2 aromatic rings. The summed E-state index contributed by atoms with van der Waals surface area (Å²) in [6, 6.07) is 13.1. The van der Waals surface area contributed by atoms with Crippen molar-refractivity contribution < 1.29 is 4.39 Å². The van der Waals surface area contributed by atoms with Crippen LogP contribution in [0.5, 0.6) is 0 Å². The Labute approximate surface area is 120 Å². The maximum atomic E-state index is 13.8. The minimum absolute atomic E-state index is 0.142. The first-order valence-corrected chi connectivity index (χ1v) is 6.82. The van der Waals surface area contributed by atoms with E-state index in [1.807, 2.05) is 31.0 Å². The lowest BCUT2D eigenvalue weighted by molar-refractivity contribution is 0.627. The van der Waals surface area contributed by atoms with Gasteiger partial charge >= 0.3 is 0 Å². The van der Waals surface area contributed by atoms with Crippen LogP contribution >= 0.6 is 0 Å². The largest absolute Gasteiger partial charge is 0.342 e. The summed E-state index contributed by atoms with van der Waals surface area (Å²) < 4.78 is 13.8. The SMILES string of the molecule is Cc1cc(N(C)c2ccccc2F)ccc1CC(C)N. The fraction of sp³-hybridized carbons (Fsp3) is 0.294. The molecule has 0 heterocycles. The molecule has 0 radical (unpaired) electrons. The van der Waals surface area contributed by atoms with Crippen molar-refractivity contribution in [2.45, 2.75) is 26.3 Å². The lowest BCUT2D eigenvalue weighted by Gasteiger charge is -2.21. The van der Waals surface area contributed by atoms with Gasteiger partial charge in [0.25, 0.3) is 0 Å². The van der Waals surface area contributed by atoms with Crippen LogP contribution in [-0.2, 0) is 6.42 Å². The summed E-state index contributed by atoms with van der Waals surface area (Å²) in [6.07, 6.45) is 0.857. The fourth-order valence-corrected chi connectivity index (χ4v) is 2.33. The molecule has 3 heteroatoms. The second-order valence-electron chi connectivity index (χ2n) is 5.30. The van der Waals surface area contributed by atoms with E-state index in [-0.39, 0.29) is 11.9 Å². The van der Waals surface area contributed by atoms with Gasteiger partial charge in [-0.1, -0.05) is 18.2 Å². The Morgan fingerprint density at radius 1 is 1.20 bits per heavy atom. The smallest absolute Gasteiger partial charge is 0.146 e. The number of halogens is 1. The van der Waals surface area contributed by atoms with Crippen LogP contribution in [0.2, 0.25) is 0 Å². The zero-order valence-electron chi connectivity index (χ0n) is 12.2. The molecular weight excluding hydrogens is 251 g/mol. The summed E-state index contributed by atoms with van der Waals surface area (Å²) in [7, 11) is 1.87. The van der Waals surface area contributed by atoms with Crippen molar-refractivity contribution in [2.75, 3.05) is 11.9 Å². The van der Waals surface area contributed by atoms with Gasteiger partial charge in [-0.05, 0) is 55.7 Å². The predicted octanol–water partition coefficient (Wildman–Crippen LogP) is 3.79. The fourth-order valence-electron chi connectivity index (χ4n) is 2.33. The van der Waals surface area contributed by atoms with Crippen molar-refractivity contribution in [1.82, 2.24) is 0 Å². The highest BCUT2D eigenvalue weighted by molar-refractivity contribution is 5.64. The predicted molar refractivity (Wildman–Crippen MR) is 83.0 cm³/mol. The van der Waals surface area contributed by atoms with E-state index in [9.17, 15) is 4.39 Å². The average Bonchev–Trinajstić information content (AvgIpc) is 2.40. The Bertz CT molecular complexity index is 593. The number of aryl methyl sites for hydroxylation is 1. The molecule has 0 fully saturated rings. The van der Waals surface area contributed by atoms with Gasteiger partial charge in [-0.15, -0.1) is 0 Å². The molecule has 0 spiro atoms. The molecule has 0 aliphatic rings. The molecule has 106 valence electrons. The Kier molecular flexibility index (Phi) is 4.40. The first-order valence-electron chi connectivity index (χ1n) is 6.82. The molecule has 2 aromatic carbocycles. The van der Waals surface area contributed by atoms with Crippen LogP contribution in [0.15, 0.2) is 42.5 Å². The van der Waals surface area contributed by atoms with Gasteiger partial charge in [-0.2, -0.15) is 0 Å². The lowest BCUT2D eigenvalue weighted by Crippen LogP contribution is -2.18. The van der Waals surface area contributed by atoms with Gasteiger partial charge in [0.15, 0.2) is 0 Å². The summed E-state index contributed by atoms with van der Waals surface area (Å²) in [4.78, 5) is 1.86. The third kappa shape index (κ3) is 3.17. The molecule has 1 unspecified atom stereocenters. The molecule has 2 rings (SSSR count). The van der Waals surface area contributed by atoms with E-state index in [1.54, 1.807) is 12.1 Å². The van der Waals surface area contributed by atoms with Crippen LogP contribution in [0.25, 0.3) is 0 Å². The number of nitrogens with two attached hydrogens (primary N) is 1. The number of anilines is 2. The highest BCUT2D eigenvalue weighted by Gasteiger charge is 2.10. The summed E-state index contributed by atoms with van der Waals surface area (Å²) in [6.45, 7) is 4.06. The third-order valence-electron chi connectivity index (χ3n) is 3.47. The maximum Gasteiger partial charge on any atom is 0.146 e. The molecule has 2 N–H and O–H groups in total. The number of hydrogen-bond acceptors (Lipinski definition) is 2. The Morgan fingerprint density at radius 2 is 1.90 bits per heavy atom. The zero-order valence-corrected chi connectivity index (χ0v) is 12.2. The van der Waals surface area contributed by atoms with Crippen LogP contribution in [0.4, 0.5) is 15.8 Å². The van der Waals surface area contributed by atoms with Gasteiger partial charge < -0.3 is 10.6 Å². The van der Waals surface area contributed by atoms with Gasteiger partial charge in [0.05, 0.1) is 5.69 Å². The Morgan fingerprint density at radius 3 is 2.50 bits per heavy atom. The Hall–Kier alpha value is -1.87. The highest BCUT2D eigenvalue weighted by atomic mass is 19.1. The van der Waals surface area contributed by atoms with E-state index in [1.165, 1.54) is 17.2 Å². The molecule has 0 aromatic heterocycles. The summed E-state index contributed by atoms with van der Waals surface area (Å²) in [5.41, 5.74) is 9.82. The minimum atomic E-state index is -0.215. The first kappa shape index (κ1) is 14.5. The molecular formula is C17H21FN2. The van der Waals surface area contributed by atoms with Crippen molar-refractivity contribution in [3.63, 3.8) is 0 Å². The number of nitrogens with zero attached hydrogens (tertiary/aromatic N) is 1. The lowest BCUT2D eigenvalue weighted by atomic mass is 10.0. The molecule has 0 aliphatic heterocycles. The molecule has 0 bridgehead atoms. The van der Waals surface area contributed by atoms with Crippen LogP contribution in [0.1, 0.15) is 18.1 Å². The molecule has 0 amide bonds. The summed E-state index contributed by atoms with van der Waals surface area (Å²) in [5.74, 6) is -0.215. The highest BCUT2D eigenvalue weighted by Crippen LogP contribution is 2.27. The standard InChI is InChI=1S/C17H21FN2/c1-12-10-15(9-8-14(12)11-13(2)19)20(3)17-7-5-4-6-16(17)18/h4-10,13H,11,19H2,1-3H3. The Balaban J connectivity index is 2.30. The van der Waals surface area contributed by atoms with E-state index in [2.05, 4.69) is 19.1 Å². The van der Waals surface area contributed by atoms with E-state index in [0.29, 0.717) is 5.69 Å². The van der Waals surface area contributed by atoms with E-state index >= 15 is 0 Å². The first-order chi connectivity index (χ1) is 9.49. The van der Waals surface area contributed by atoms with Gasteiger partial charge in [0.1, 0.15) is 5.82 Å². The van der Waals surface area contributed by atoms with Crippen molar-refractivity contribution in [2.24, 2.45) is 5.73 Å². The van der Waals surface area contributed by atoms with Crippen molar-refractivity contribution in [3.8, 4) is 0 Å². The van der Waals surface area contributed by atoms with Crippen LogP contribution in [0.3, 0.4) is 0 Å². The normalized spacial score (nSPS) is 12.2. The van der Waals surface area contributed by atoms with Gasteiger partial charge in [0.2, 0.25) is 0 Å². The molecule has 0 aliphatic carbocycles. The molecule has 0 saturated heterocycles. The van der Waals surface area contributed by atoms with Crippen LogP contribution < -0.4 is 10.6 Å². The quantitative estimate of drug-likeness (QED) is 0.917. The minimum Gasteiger partial charge on any atom is -0.342 e. The number of para-hydroxylation sites is 1. The maximum absolute atomic E-state index is 13.8. The molecule has 2 nitrogen and oxygen atoms in total. The number of rotatable bonds is 4. The zero-order chi connectivity index (χ0) is 14.7. The van der Waals surface area contributed by atoms with Gasteiger partial charge in [-0.25, -0.2) is 4.39 Å².